The second kappa shape index (κ2) is 13.5. The van der Waals surface area contributed by atoms with E-state index in [4.69, 9.17) is 34.8 Å². The average Bonchev–Trinajstić information content (AvgIpc) is 2.87. The molecule has 0 saturated carbocycles. The first kappa shape index (κ1) is 32.7. The van der Waals surface area contributed by atoms with Gasteiger partial charge in [-0.1, -0.05) is 95.0 Å². The monoisotopic (exact) mass is 637 g/mol. The fraction of sp³-hybridized carbons (Fsp3) is 0.333. The summed E-state index contributed by atoms with van der Waals surface area (Å²) >= 11 is 18.6. The van der Waals surface area contributed by atoms with Gasteiger partial charge in [-0.3, -0.25) is 13.9 Å². The minimum absolute atomic E-state index is 0.00551. The summed E-state index contributed by atoms with van der Waals surface area (Å²) < 4.78 is 26.8. The smallest absolute Gasteiger partial charge is 0.244 e. The van der Waals surface area contributed by atoms with E-state index in [0.717, 1.165) is 27.3 Å². The number of carbonyl (C=O) groups excluding carboxylic acids is 2. The second-order valence-electron chi connectivity index (χ2n) is 10.9. The predicted molar refractivity (Wildman–Crippen MR) is 167 cm³/mol. The summed E-state index contributed by atoms with van der Waals surface area (Å²) in [7, 11) is -4.01. The summed E-state index contributed by atoms with van der Waals surface area (Å²) in [5, 5.41) is 3.22. The van der Waals surface area contributed by atoms with Crippen molar-refractivity contribution < 1.29 is 18.0 Å². The van der Waals surface area contributed by atoms with Crippen molar-refractivity contribution in [3.05, 3.63) is 98.5 Å². The van der Waals surface area contributed by atoms with Gasteiger partial charge >= 0.3 is 0 Å². The first-order valence-electron chi connectivity index (χ1n) is 12.9. The molecular formula is C30H34Cl3N3O4S. The highest BCUT2D eigenvalue weighted by Gasteiger charge is 2.34. The van der Waals surface area contributed by atoms with E-state index in [9.17, 15) is 18.0 Å². The number of sulfonamides is 1. The Morgan fingerprint density at radius 2 is 1.46 bits per heavy atom. The van der Waals surface area contributed by atoms with Crippen molar-refractivity contribution in [3.8, 4) is 0 Å². The van der Waals surface area contributed by atoms with Crippen LogP contribution < -0.4 is 9.62 Å². The lowest BCUT2D eigenvalue weighted by Crippen LogP contribution is -2.56. The van der Waals surface area contributed by atoms with Crippen molar-refractivity contribution >= 4 is 62.3 Å². The third-order valence-electron chi connectivity index (χ3n) is 6.18. The summed E-state index contributed by atoms with van der Waals surface area (Å²) in [5.41, 5.74) is 2.10. The summed E-state index contributed by atoms with van der Waals surface area (Å²) in [5.74, 6) is -0.955. The van der Waals surface area contributed by atoms with Gasteiger partial charge in [0.1, 0.15) is 12.6 Å². The Kier molecular flexibility index (Phi) is 10.7. The number of nitrogens with one attached hydrogen (secondary N) is 1. The number of anilines is 1. The molecule has 7 nitrogen and oxygen atoms in total. The van der Waals surface area contributed by atoms with E-state index < -0.39 is 34.1 Å². The molecule has 0 radical (unpaired) electrons. The number of aryl methyl sites for hydroxylation is 1. The molecule has 1 unspecified atom stereocenters. The molecule has 3 aromatic rings. The van der Waals surface area contributed by atoms with Gasteiger partial charge in [0.25, 0.3) is 0 Å². The van der Waals surface area contributed by atoms with Crippen molar-refractivity contribution in [2.45, 2.75) is 52.2 Å². The number of benzene rings is 3. The van der Waals surface area contributed by atoms with Crippen LogP contribution in [0.4, 0.5) is 5.69 Å². The second-order valence-corrected chi connectivity index (χ2v) is 14.1. The van der Waals surface area contributed by atoms with E-state index in [1.165, 1.54) is 17.0 Å². The van der Waals surface area contributed by atoms with Crippen LogP contribution in [0.25, 0.3) is 0 Å². The highest BCUT2D eigenvalue weighted by Crippen LogP contribution is 2.35. The van der Waals surface area contributed by atoms with Crippen LogP contribution in [0.15, 0.2) is 66.7 Å². The van der Waals surface area contributed by atoms with E-state index in [1.54, 1.807) is 0 Å². The molecule has 0 bridgehead atoms. The highest BCUT2D eigenvalue weighted by molar-refractivity contribution is 7.92. The fourth-order valence-electron chi connectivity index (χ4n) is 4.19. The van der Waals surface area contributed by atoms with Crippen LogP contribution in [0.3, 0.4) is 0 Å². The van der Waals surface area contributed by atoms with Crippen molar-refractivity contribution in [3.63, 3.8) is 0 Å². The first-order valence-corrected chi connectivity index (χ1v) is 15.9. The number of carbonyl (C=O) groups is 2. The number of halogens is 3. The molecule has 3 aromatic carbocycles. The van der Waals surface area contributed by atoms with Crippen LogP contribution in [-0.4, -0.2) is 49.5 Å². The van der Waals surface area contributed by atoms with Crippen LogP contribution in [0.5, 0.6) is 0 Å². The lowest BCUT2D eigenvalue weighted by atomic mass is 10.0. The van der Waals surface area contributed by atoms with Gasteiger partial charge in [0, 0.05) is 18.5 Å². The Morgan fingerprint density at radius 1 is 0.878 bits per heavy atom. The third kappa shape index (κ3) is 9.36. The van der Waals surface area contributed by atoms with E-state index in [-0.39, 0.29) is 39.6 Å². The molecule has 0 heterocycles. The fourth-order valence-corrected chi connectivity index (χ4v) is 5.74. The van der Waals surface area contributed by atoms with Crippen molar-refractivity contribution in [2.75, 3.05) is 17.1 Å². The van der Waals surface area contributed by atoms with Gasteiger partial charge in [-0.2, -0.15) is 0 Å². The van der Waals surface area contributed by atoms with Gasteiger partial charge in [-0.15, -0.1) is 0 Å². The van der Waals surface area contributed by atoms with Gasteiger partial charge in [0.05, 0.1) is 27.0 Å². The lowest BCUT2D eigenvalue weighted by molar-refractivity contribution is -0.140. The summed E-state index contributed by atoms with van der Waals surface area (Å²) in [6, 6.07) is 18.6. The third-order valence-corrected chi connectivity index (χ3v) is 8.33. The van der Waals surface area contributed by atoms with Crippen LogP contribution >= 0.6 is 34.8 Å². The largest absolute Gasteiger partial charge is 0.350 e. The number of nitrogens with zero attached hydrogens (tertiary/aromatic N) is 2. The average molecular weight is 639 g/mol. The highest BCUT2D eigenvalue weighted by atomic mass is 35.5. The van der Waals surface area contributed by atoms with Gasteiger partial charge in [-0.05, 0) is 51.0 Å². The normalized spacial score (nSPS) is 12.5. The quantitative estimate of drug-likeness (QED) is 0.265. The Bertz CT molecular complexity index is 1490. The Hall–Kier alpha value is -2.78. The van der Waals surface area contributed by atoms with Crippen molar-refractivity contribution in [1.29, 1.82) is 0 Å². The standard InChI is InChI=1S/C30H34Cl3N3O4S/c1-20-11-13-22(14-12-20)18-35(27(29(38)34-30(2,3)4)15-21-9-7-6-8-10-21)28(37)19-36(41(5,39)40)26-17-24(32)23(31)16-25(26)33/h6-14,16-17,27H,15,18-19H2,1-5H3,(H,34,38). The first-order chi connectivity index (χ1) is 19.0. The Labute approximate surface area is 257 Å². The van der Waals surface area contributed by atoms with Crippen molar-refractivity contribution in [2.24, 2.45) is 0 Å². The lowest BCUT2D eigenvalue weighted by Gasteiger charge is -2.35. The zero-order valence-corrected chi connectivity index (χ0v) is 26.7. The molecule has 11 heteroatoms. The number of hydrogen-bond donors (Lipinski definition) is 1. The molecule has 0 aliphatic carbocycles. The molecule has 220 valence electrons. The molecule has 0 aliphatic rings. The van der Waals surface area contributed by atoms with E-state index in [1.807, 2.05) is 82.3 Å². The van der Waals surface area contributed by atoms with Gasteiger partial charge < -0.3 is 10.2 Å². The number of amides is 2. The Balaban J connectivity index is 2.11. The van der Waals surface area contributed by atoms with Gasteiger partial charge in [0.2, 0.25) is 21.8 Å². The zero-order valence-electron chi connectivity index (χ0n) is 23.6. The van der Waals surface area contributed by atoms with Gasteiger partial charge in [0.15, 0.2) is 0 Å². The minimum Gasteiger partial charge on any atom is -0.350 e. The maximum absolute atomic E-state index is 14.1. The maximum atomic E-state index is 14.1. The molecule has 0 spiro atoms. The van der Waals surface area contributed by atoms with E-state index >= 15 is 0 Å². The van der Waals surface area contributed by atoms with E-state index in [2.05, 4.69) is 5.32 Å². The summed E-state index contributed by atoms with van der Waals surface area (Å²) in [6.45, 7) is 6.97. The minimum atomic E-state index is -4.01. The summed E-state index contributed by atoms with van der Waals surface area (Å²) in [4.78, 5) is 29.3. The molecule has 2 amide bonds. The van der Waals surface area contributed by atoms with Gasteiger partial charge in [-0.25, -0.2) is 8.42 Å². The van der Waals surface area contributed by atoms with Crippen LogP contribution in [-0.2, 0) is 32.6 Å². The molecule has 1 N–H and O–H groups in total. The molecule has 3 rings (SSSR count). The number of rotatable bonds is 10. The maximum Gasteiger partial charge on any atom is 0.244 e. The van der Waals surface area contributed by atoms with Crippen LogP contribution in [0.2, 0.25) is 15.1 Å². The zero-order chi connectivity index (χ0) is 30.5. The molecule has 0 saturated heterocycles. The molecule has 1 atom stereocenters. The van der Waals surface area contributed by atoms with E-state index in [0.29, 0.717) is 0 Å². The Morgan fingerprint density at radius 3 is 2.02 bits per heavy atom. The predicted octanol–water partition coefficient (Wildman–Crippen LogP) is 6.28. The molecule has 0 aliphatic heterocycles. The van der Waals surface area contributed by atoms with Crippen molar-refractivity contribution in [1.82, 2.24) is 10.2 Å². The summed E-state index contributed by atoms with van der Waals surface area (Å²) in [6.07, 6.45) is 1.18. The molecule has 0 aromatic heterocycles. The van der Waals surface area contributed by atoms with Crippen LogP contribution in [0, 0.1) is 6.92 Å². The SMILES string of the molecule is Cc1ccc(CN(C(=O)CN(c2cc(Cl)c(Cl)cc2Cl)S(C)(=O)=O)C(Cc2ccccc2)C(=O)NC(C)(C)C)cc1. The topological polar surface area (TPSA) is 86.8 Å². The van der Waals surface area contributed by atoms with Crippen LogP contribution in [0.1, 0.15) is 37.5 Å². The molecule has 41 heavy (non-hydrogen) atoms. The molecule has 0 fully saturated rings. The number of hydrogen-bond acceptors (Lipinski definition) is 4. The molecular weight excluding hydrogens is 605 g/mol.